The van der Waals surface area contributed by atoms with Gasteiger partial charge in [0.25, 0.3) is 0 Å². The molecule has 2 nitrogen and oxygen atoms in total. The Labute approximate surface area is 81.9 Å². The number of carbonyl (C=O) groups excluding carboxylic acids is 1. The number of amides is 1. The van der Waals surface area contributed by atoms with Gasteiger partial charge >= 0.3 is 0 Å². The third kappa shape index (κ3) is 1.68. The Balaban J connectivity index is 2.35. The highest BCUT2D eigenvalue weighted by Gasteiger charge is 2.20. The van der Waals surface area contributed by atoms with Gasteiger partial charge in [-0.3, -0.25) is 4.79 Å². The third-order valence-electron chi connectivity index (χ3n) is 2.23. The summed E-state index contributed by atoms with van der Waals surface area (Å²) in [5.41, 5.74) is 2.06. The van der Waals surface area contributed by atoms with Gasteiger partial charge in [0.1, 0.15) is 5.38 Å². The van der Waals surface area contributed by atoms with Crippen molar-refractivity contribution in [1.82, 2.24) is 0 Å². The topological polar surface area (TPSA) is 29.1 Å². The Bertz CT molecular complexity index is 337. The third-order valence-corrected chi connectivity index (χ3v) is 2.64. The van der Waals surface area contributed by atoms with E-state index < -0.39 is 5.38 Å². The second-order valence-electron chi connectivity index (χ2n) is 3.15. The summed E-state index contributed by atoms with van der Waals surface area (Å²) in [7, 11) is 0. The standard InChI is InChI=1S/C10H10ClNO/c11-8-6-5-7-3-1-2-4-9(7)12-10(8)13/h1-4,8H,5-6H2,(H,12,13)/t8-/m1/s1. The number of fused-ring (bicyclic) bond motifs is 1. The van der Waals surface area contributed by atoms with Crippen LogP contribution in [0.1, 0.15) is 12.0 Å². The van der Waals surface area contributed by atoms with Crippen LogP contribution in [-0.4, -0.2) is 11.3 Å². The maximum Gasteiger partial charge on any atom is 0.242 e. The molecule has 0 aromatic heterocycles. The number of alkyl halides is 1. The molecular weight excluding hydrogens is 186 g/mol. The number of para-hydroxylation sites is 1. The molecule has 13 heavy (non-hydrogen) atoms. The first-order valence-electron chi connectivity index (χ1n) is 4.30. The number of nitrogens with one attached hydrogen (secondary N) is 1. The minimum atomic E-state index is -0.396. The van der Waals surface area contributed by atoms with Gasteiger partial charge in [0.2, 0.25) is 5.91 Å². The Kier molecular flexibility index (Phi) is 2.23. The van der Waals surface area contributed by atoms with Crippen LogP contribution in [0.25, 0.3) is 0 Å². The van der Waals surface area contributed by atoms with Crippen LogP contribution in [0.2, 0.25) is 0 Å². The fraction of sp³-hybridized carbons (Fsp3) is 0.300. The van der Waals surface area contributed by atoms with Crippen molar-refractivity contribution in [2.24, 2.45) is 0 Å². The average Bonchev–Trinajstić information content (AvgIpc) is 2.28. The van der Waals surface area contributed by atoms with Crippen LogP contribution < -0.4 is 5.32 Å². The summed E-state index contributed by atoms with van der Waals surface area (Å²) in [4.78, 5) is 11.3. The van der Waals surface area contributed by atoms with Crippen molar-refractivity contribution in [3.8, 4) is 0 Å². The molecule has 0 saturated heterocycles. The molecule has 1 aromatic rings. The van der Waals surface area contributed by atoms with E-state index in [9.17, 15) is 4.79 Å². The second-order valence-corrected chi connectivity index (χ2v) is 3.68. The number of carbonyl (C=O) groups is 1. The molecule has 1 aromatic carbocycles. The average molecular weight is 196 g/mol. The Morgan fingerprint density at radius 1 is 1.38 bits per heavy atom. The summed E-state index contributed by atoms with van der Waals surface area (Å²) in [5, 5.41) is 2.41. The highest BCUT2D eigenvalue weighted by atomic mass is 35.5. The zero-order chi connectivity index (χ0) is 9.26. The van der Waals surface area contributed by atoms with Gasteiger partial charge in [0, 0.05) is 5.69 Å². The predicted octanol–water partition coefficient (Wildman–Crippen LogP) is 2.18. The quantitative estimate of drug-likeness (QED) is 0.632. The van der Waals surface area contributed by atoms with E-state index in [1.807, 2.05) is 24.3 Å². The van der Waals surface area contributed by atoms with E-state index in [-0.39, 0.29) is 5.91 Å². The molecule has 2 rings (SSSR count). The van der Waals surface area contributed by atoms with Crippen LogP contribution in [0.15, 0.2) is 24.3 Å². The molecular formula is C10H10ClNO. The number of hydrogen-bond acceptors (Lipinski definition) is 1. The molecule has 0 bridgehead atoms. The predicted molar refractivity (Wildman–Crippen MR) is 53.0 cm³/mol. The van der Waals surface area contributed by atoms with Crippen LogP contribution >= 0.6 is 11.6 Å². The van der Waals surface area contributed by atoms with E-state index in [4.69, 9.17) is 11.6 Å². The summed E-state index contributed by atoms with van der Waals surface area (Å²) in [6.45, 7) is 0. The molecule has 0 aliphatic carbocycles. The van der Waals surface area contributed by atoms with Crippen molar-refractivity contribution < 1.29 is 4.79 Å². The summed E-state index contributed by atoms with van der Waals surface area (Å²) in [6, 6.07) is 7.81. The summed E-state index contributed by atoms with van der Waals surface area (Å²) < 4.78 is 0. The molecule has 1 aliphatic rings. The smallest absolute Gasteiger partial charge is 0.242 e. The lowest BCUT2D eigenvalue weighted by molar-refractivity contribution is -0.115. The van der Waals surface area contributed by atoms with E-state index >= 15 is 0 Å². The minimum absolute atomic E-state index is 0.0911. The molecule has 1 atom stereocenters. The van der Waals surface area contributed by atoms with E-state index in [0.717, 1.165) is 12.1 Å². The fourth-order valence-corrected chi connectivity index (χ4v) is 1.65. The number of anilines is 1. The molecule has 0 fully saturated rings. The van der Waals surface area contributed by atoms with Crippen LogP contribution in [0.3, 0.4) is 0 Å². The Hall–Kier alpha value is -1.02. The molecule has 0 unspecified atom stereocenters. The van der Waals surface area contributed by atoms with Crippen molar-refractivity contribution in [3.63, 3.8) is 0 Å². The molecule has 0 saturated carbocycles. The number of hydrogen-bond donors (Lipinski definition) is 1. The monoisotopic (exact) mass is 195 g/mol. The van der Waals surface area contributed by atoms with E-state index in [1.165, 1.54) is 5.56 Å². The maximum absolute atomic E-state index is 11.3. The lowest BCUT2D eigenvalue weighted by atomic mass is 10.1. The van der Waals surface area contributed by atoms with E-state index in [1.54, 1.807) is 0 Å². The van der Waals surface area contributed by atoms with Gasteiger partial charge in [-0.05, 0) is 24.5 Å². The summed E-state index contributed by atoms with van der Waals surface area (Å²) >= 11 is 5.85. The largest absolute Gasteiger partial charge is 0.325 e. The van der Waals surface area contributed by atoms with Crippen LogP contribution in [0.5, 0.6) is 0 Å². The molecule has 68 valence electrons. The number of rotatable bonds is 0. The van der Waals surface area contributed by atoms with Gasteiger partial charge in [-0.1, -0.05) is 18.2 Å². The Morgan fingerprint density at radius 2 is 2.15 bits per heavy atom. The first-order chi connectivity index (χ1) is 6.27. The molecule has 0 radical (unpaired) electrons. The zero-order valence-corrected chi connectivity index (χ0v) is 7.84. The number of halogens is 1. The van der Waals surface area contributed by atoms with Crippen molar-refractivity contribution in [1.29, 1.82) is 0 Å². The zero-order valence-electron chi connectivity index (χ0n) is 7.09. The highest BCUT2D eigenvalue weighted by Crippen LogP contribution is 2.23. The first kappa shape index (κ1) is 8.57. The molecule has 1 aliphatic heterocycles. The van der Waals surface area contributed by atoms with Crippen LogP contribution in [0, 0.1) is 0 Å². The number of benzene rings is 1. The molecule has 0 spiro atoms. The number of aryl methyl sites for hydroxylation is 1. The molecule has 1 N–H and O–H groups in total. The van der Waals surface area contributed by atoms with Crippen molar-refractivity contribution in [2.75, 3.05) is 5.32 Å². The minimum Gasteiger partial charge on any atom is -0.325 e. The van der Waals surface area contributed by atoms with Crippen LogP contribution in [-0.2, 0) is 11.2 Å². The van der Waals surface area contributed by atoms with Gasteiger partial charge < -0.3 is 5.32 Å². The van der Waals surface area contributed by atoms with Crippen molar-refractivity contribution in [2.45, 2.75) is 18.2 Å². The summed E-state index contributed by atoms with van der Waals surface area (Å²) in [6.07, 6.45) is 1.58. The molecule has 1 heterocycles. The first-order valence-corrected chi connectivity index (χ1v) is 4.74. The lowest BCUT2D eigenvalue weighted by Crippen LogP contribution is -2.21. The van der Waals surface area contributed by atoms with Crippen LogP contribution in [0.4, 0.5) is 5.69 Å². The second kappa shape index (κ2) is 3.38. The summed E-state index contributed by atoms with van der Waals surface area (Å²) in [5.74, 6) is -0.0911. The van der Waals surface area contributed by atoms with Gasteiger partial charge in [-0.2, -0.15) is 0 Å². The van der Waals surface area contributed by atoms with Gasteiger partial charge in [0.05, 0.1) is 0 Å². The van der Waals surface area contributed by atoms with E-state index in [0.29, 0.717) is 6.42 Å². The van der Waals surface area contributed by atoms with Crippen molar-refractivity contribution >= 4 is 23.2 Å². The van der Waals surface area contributed by atoms with Gasteiger partial charge in [-0.15, -0.1) is 11.6 Å². The molecule has 3 heteroatoms. The lowest BCUT2D eigenvalue weighted by Gasteiger charge is -2.05. The van der Waals surface area contributed by atoms with E-state index in [2.05, 4.69) is 5.32 Å². The SMILES string of the molecule is O=C1Nc2ccccc2CC[C@H]1Cl. The van der Waals surface area contributed by atoms with Gasteiger partial charge in [0.15, 0.2) is 0 Å². The maximum atomic E-state index is 11.3. The Morgan fingerprint density at radius 3 is 3.00 bits per heavy atom. The normalized spacial score (nSPS) is 21.6. The van der Waals surface area contributed by atoms with Crippen molar-refractivity contribution in [3.05, 3.63) is 29.8 Å². The highest BCUT2D eigenvalue weighted by molar-refractivity contribution is 6.32. The van der Waals surface area contributed by atoms with Gasteiger partial charge in [-0.25, -0.2) is 0 Å². The fourth-order valence-electron chi connectivity index (χ4n) is 1.48. The molecule has 1 amide bonds.